The van der Waals surface area contributed by atoms with Crippen molar-refractivity contribution in [1.29, 1.82) is 0 Å². The minimum atomic E-state index is -0.253. The zero-order valence-electron chi connectivity index (χ0n) is 12.3. The van der Waals surface area contributed by atoms with Gasteiger partial charge in [0.15, 0.2) is 0 Å². The van der Waals surface area contributed by atoms with Crippen molar-refractivity contribution in [2.24, 2.45) is 0 Å². The van der Waals surface area contributed by atoms with Gasteiger partial charge in [0.2, 0.25) is 0 Å². The molecule has 0 aliphatic heterocycles. The smallest absolute Gasteiger partial charge is 0.306 e. The maximum atomic E-state index is 11.5. The second-order valence-electron chi connectivity index (χ2n) is 4.96. The van der Waals surface area contributed by atoms with E-state index in [4.69, 9.17) is 14.6 Å². The number of aliphatic hydroxyl groups is 1. The van der Waals surface area contributed by atoms with Crippen LogP contribution < -0.4 is 4.74 Å². The predicted octanol–water partition coefficient (Wildman–Crippen LogP) is 3.07. The fraction of sp³-hybridized carbons (Fsp3) is 0.562. The molecule has 1 aromatic rings. The van der Waals surface area contributed by atoms with Crippen LogP contribution in [0.1, 0.15) is 44.6 Å². The molecule has 1 N–H and O–H groups in total. The Morgan fingerprint density at radius 3 is 2.50 bits per heavy atom. The molecule has 1 rings (SSSR count). The Morgan fingerprint density at radius 1 is 1.20 bits per heavy atom. The lowest BCUT2D eigenvalue weighted by Gasteiger charge is -2.06. The van der Waals surface area contributed by atoms with Crippen LogP contribution in [-0.2, 0) is 16.1 Å². The summed E-state index contributed by atoms with van der Waals surface area (Å²) in [7, 11) is 1.62. The number of unbranched alkanes of at least 4 members (excludes halogenated alkanes) is 2. The fourth-order valence-electron chi connectivity index (χ4n) is 1.84. The first-order valence-electron chi connectivity index (χ1n) is 7.08. The van der Waals surface area contributed by atoms with Crippen molar-refractivity contribution in [3.05, 3.63) is 29.8 Å². The summed E-state index contributed by atoms with van der Waals surface area (Å²) in [5, 5.41) is 9.11. The van der Waals surface area contributed by atoms with Gasteiger partial charge in [-0.25, -0.2) is 0 Å². The van der Waals surface area contributed by atoms with E-state index in [1.807, 2.05) is 24.3 Å². The van der Waals surface area contributed by atoms with E-state index in [0.29, 0.717) is 13.0 Å². The topological polar surface area (TPSA) is 55.8 Å². The van der Waals surface area contributed by atoms with Gasteiger partial charge in [0.05, 0.1) is 13.2 Å². The number of carbonyl (C=O) groups is 1. The Labute approximate surface area is 120 Å². The number of hydrogen-bond acceptors (Lipinski definition) is 4. The van der Waals surface area contributed by atoms with Crippen molar-refractivity contribution in [3.63, 3.8) is 0 Å². The first kappa shape index (κ1) is 16.5. The van der Waals surface area contributed by atoms with Crippen LogP contribution in [0.4, 0.5) is 0 Å². The van der Waals surface area contributed by atoms with Crippen molar-refractivity contribution in [2.75, 3.05) is 7.11 Å². The van der Waals surface area contributed by atoms with E-state index in [1.54, 1.807) is 14.0 Å². The van der Waals surface area contributed by atoms with Crippen LogP contribution in [0.15, 0.2) is 24.3 Å². The minimum Gasteiger partial charge on any atom is -0.497 e. The lowest BCUT2D eigenvalue weighted by atomic mass is 10.1. The van der Waals surface area contributed by atoms with E-state index in [2.05, 4.69) is 0 Å². The molecule has 0 fully saturated rings. The van der Waals surface area contributed by atoms with Crippen molar-refractivity contribution in [3.8, 4) is 5.75 Å². The van der Waals surface area contributed by atoms with Gasteiger partial charge in [0, 0.05) is 6.42 Å². The molecule has 4 heteroatoms. The van der Waals surface area contributed by atoms with Gasteiger partial charge in [0.25, 0.3) is 0 Å². The third-order valence-corrected chi connectivity index (χ3v) is 3.06. The zero-order valence-corrected chi connectivity index (χ0v) is 12.3. The summed E-state index contributed by atoms with van der Waals surface area (Å²) in [6.45, 7) is 2.08. The van der Waals surface area contributed by atoms with Crippen LogP contribution >= 0.6 is 0 Å². The number of methoxy groups -OCH3 is 1. The third-order valence-electron chi connectivity index (χ3n) is 3.06. The second-order valence-corrected chi connectivity index (χ2v) is 4.96. The summed E-state index contributed by atoms with van der Waals surface area (Å²) in [4.78, 5) is 11.5. The molecule has 0 saturated heterocycles. The first-order valence-corrected chi connectivity index (χ1v) is 7.08. The molecule has 0 spiro atoms. The van der Waals surface area contributed by atoms with E-state index in [1.165, 1.54) is 0 Å². The van der Waals surface area contributed by atoms with Gasteiger partial charge < -0.3 is 14.6 Å². The number of rotatable bonds is 9. The molecule has 0 amide bonds. The van der Waals surface area contributed by atoms with E-state index >= 15 is 0 Å². The molecule has 0 heterocycles. The van der Waals surface area contributed by atoms with Crippen molar-refractivity contribution in [1.82, 2.24) is 0 Å². The van der Waals surface area contributed by atoms with Crippen LogP contribution in [-0.4, -0.2) is 24.3 Å². The molecule has 0 saturated carbocycles. The Bertz CT molecular complexity index is 384. The summed E-state index contributed by atoms with van der Waals surface area (Å²) >= 11 is 0. The molecule has 112 valence electrons. The predicted molar refractivity (Wildman–Crippen MR) is 77.6 cm³/mol. The van der Waals surface area contributed by atoms with E-state index in [9.17, 15) is 4.79 Å². The van der Waals surface area contributed by atoms with Gasteiger partial charge in [-0.3, -0.25) is 4.79 Å². The Hall–Kier alpha value is -1.55. The van der Waals surface area contributed by atoms with Gasteiger partial charge in [-0.05, 0) is 37.5 Å². The molecule has 0 bridgehead atoms. The maximum Gasteiger partial charge on any atom is 0.306 e. The lowest BCUT2D eigenvalue weighted by Crippen LogP contribution is -2.04. The van der Waals surface area contributed by atoms with E-state index < -0.39 is 0 Å². The summed E-state index contributed by atoms with van der Waals surface area (Å²) < 4.78 is 10.3. The molecule has 0 aromatic heterocycles. The molecular formula is C16H24O4. The molecule has 20 heavy (non-hydrogen) atoms. The van der Waals surface area contributed by atoms with Crippen LogP contribution in [0.3, 0.4) is 0 Å². The third kappa shape index (κ3) is 7.14. The molecule has 1 aromatic carbocycles. The number of esters is 1. The number of hydrogen-bond donors (Lipinski definition) is 1. The van der Waals surface area contributed by atoms with Gasteiger partial charge in [-0.1, -0.05) is 25.0 Å². The average molecular weight is 280 g/mol. The lowest BCUT2D eigenvalue weighted by molar-refractivity contribution is -0.145. The molecular weight excluding hydrogens is 256 g/mol. The summed E-state index contributed by atoms with van der Waals surface area (Å²) in [6, 6.07) is 7.46. The largest absolute Gasteiger partial charge is 0.497 e. The quantitative estimate of drug-likeness (QED) is 0.558. The van der Waals surface area contributed by atoms with Crippen LogP contribution in [0.5, 0.6) is 5.75 Å². The second kappa shape index (κ2) is 9.37. The Balaban J connectivity index is 2.13. The van der Waals surface area contributed by atoms with Gasteiger partial charge in [-0.15, -0.1) is 0 Å². The van der Waals surface area contributed by atoms with Crippen LogP contribution in [0, 0.1) is 0 Å². The number of ether oxygens (including phenoxy) is 2. The summed E-state index contributed by atoms with van der Waals surface area (Å²) in [6.07, 6.45) is 3.69. The first-order chi connectivity index (χ1) is 9.61. The molecule has 0 radical (unpaired) electrons. The van der Waals surface area contributed by atoms with Crippen LogP contribution in [0.25, 0.3) is 0 Å². The minimum absolute atomic E-state index is 0.169. The van der Waals surface area contributed by atoms with Crippen LogP contribution in [0.2, 0.25) is 0 Å². The zero-order chi connectivity index (χ0) is 14.8. The number of carbonyl (C=O) groups excluding carboxylic acids is 1. The number of benzene rings is 1. The highest BCUT2D eigenvalue weighted by Crippen LogP contribution is 2.12. The molecule has 1 atom stereocenters. The van der Waals surface area contributed by atoms with Crippen molar-refractivity contribution in [2.45, 2.75) is 51.7 Å². The van der Waals surface area contributed by atoms with Gasteiger partial charge >= 0.3 is 5.97 Å². The molecule has 0 aliphatic carbocycles. The standard InChI is InChI=1S/C16H24O4/c1-13(17)6-4-3-5-7-16(18)20-12-14-8-10-15(19-2)11-9-14/h8-11,13,17H,3-7,12H2,1-2H3. The highest BCUT2D eigenvalue weighted by atomic mass is 16.5. The highest BCUT2D eigenvalue weighted by molar-refractivity contribution is 5.69. The Kier molecular flexibility index (Phi) is 7.73. The Morgan fingerprint density at radius 2 is 1.90 bits per heavy atom. The number of aliphatic hydroxyl groups excluding tert-OH is 1. The van der Waals surface area contributed by atoms with Gasteiger partial charge in [-0.2, -0.15) is 0 Å². The average Bonchev–Trinajstić information content (AvgIpc) is 2.45. The maximum absolute atomic E-state index is 11.5. The van der Waals surface area contributed by atoms with E-state index in [0.717, 1.165) is 37.0 Å². The fourth-order valence-corrected chi connectivity index (χ4v) is 1.84. The SMILES string of the molecule is COc1ccc(COC(=O)CCCCCC(C)O)cc1. The molecule has 1 unspecified atom stereocenters. The summed E-state index contributed by atoms with van der Waals surface area (Å²) in [5.74, 6) is 0.621. The van der Waals surface area contributed by atoms with E-state index in [-0.39, 0.29) is 12.1 Å². The summed E-state index contributed by atoms with van der Waals surface area (Å²) in [5.41, 5.74) is 0.952. The van der Waals surface area contributed by atoms with Crippen molar-refractivity contribution < 1.29 is 19.4 Å². The normalized spacial score (nSPS) is 11.9. The molecule has 0 aliphatic rings. The monoisotopic (exact) mass is 280 g/mol. The van der Waals surface area contributed by atoms with Crippen molar-refractivity contribution >= 4 is 5.97 Å². The molecule has 4 nitrogen and oxygen atoms in total. The van der Waals surface area contributed by atoms with Gasteiger partial charge in [0.1, 0.15) is 12.4 Å². The highest BCUT2D eigenvalue weighted by Gasteiger charge is 2.04.